The Morgan fingerprint density at radius 1 is 1.50 bits per heavy atom. The predicted molar refractivity (Wildman–Crippen MR) is 69.4 cm³/mol. The Labute approximate surface area is 107 Å². The lowest BCUT2D eigenvalue weighted by Crippen LogP contribution is -2.43. The molecule has 1 aromatic heterocycles. The van der Waals surface area contributed by atoms with Crippen LogP contribution in [0.5, 0.6) is 0 Å². The van der Waals surface area contributed by atoms with E-state index in [1.165, 1.54) is 6.26 Å². The lowest BCUT2D eigenvalue weighted by Gasteiger charge is -2.38. The summed E-state index contributed by atoms with van der Waals surface area (Å²) in [6, 6.07) is 3.49. The van der Waals surface area contributed by atoms with Gasteiger partial charge in [-0.05, 0) is 31.4 Å². The van der Waals surface area contributed by atoms with Crippen molar-refractivity contribution in [3.63, 3.8) is 0 Å². The summed E-state index contributed by atoms with van der Waals surface area (Å²) < 4.78 is 23.5. The largest absolute Gasteiger partial charge is 0.395 e. The summed E-state index contributed by atoms with van der Waals surface area (Å²) in [4.78, 5) is 6.36. The highest BCUT2D eigenvalue weighted by Gasteiger charge is 2.29. The fraction of sp³-hybridized carbons (Fsp3) is 0.583. The monoisotopic (exact) mass is 270 g/mol. The van der Waals surface area contributed by atoms with Gasteiger partial charge < -0.3 is 10.0 Å². The molecular formula is C12H18N2O3S. The highest BCUT2D eigenvalue weighted by molar-refractivity contribution is 7.90. The molecule has 0 spiro atoms. The molecule has 0 unspecified atom stereocenters. The Morgan fingerprint density at radius 3 is 2.72 bits per heavy atom. The molecule has 5 nitrogen and oxygen atoms in total. The molecule has 0 aromatic carbocycles. The Bertz CT molecular complexity index is 512. The Hall–Kier alpha value is -1.14. The van der Waals surface area contributed by atoms with E-state index in [9.17, 15) is 8.42 Å². The van der Waals surface area contributed by atoms with Crippen LogP contribution < -0.4 is 4.90 Å². The predicted octanol–water partition coefficient (Wildman–Crippen LogP) is 0.836. The van der Waals surface area contributed by atoms with Crippen LogP contribution in [-0.4, -0.2) is 44.0 Å². The summed E-state index contributed by atoms with van der Waals surface area (Å²) in [6.45, 7) is 0.417. The van der Waals surface area contributed by atoms with E-state index >= 15 is 0 Å². The van der Waals surface area contributed by atoms with Crippen LogP contribution in [0.4, 0.5) is 5.82 Å². The Kier molecular flexibility index (Phi) is 3.87. The maximum Gasteiger partial charge on any atom is 0.179 e. The van der Waals surface area contributed by atoms with Crippen molar-refractivity contribution in [1.29, 1.82) is 0 Å². The van der Waals surface area contributed by atoms with E-state index in [1.54, 1.807) is 18.3 Å². The molecule has 0 bridgehead atoms. The average Bonchev–Trinajstić information content (AvgIpc) is 2.25. The van der Waals surface area contributed by atoms with Crippen LogP contribution in [0.3, 0.4) is 0 Å². The third-order valence-corrected chi connectivity index (χ3v) is 4.40. The standard InChI is InChI=1S/C12H18N2O3S/c1-18(16,17)11-6-3-7-13-12(11)14(8-9-15)10-4-2-5-10/h3,6-7,10,15H,2,4-5,8-9H2,1H3. The number of aliphatic hydroxyl groups is 1. The molecule has 0 aliphatic heterocycles. The molecule has 2 rings (SSSR count). The molecular weight excluding hydrogens is 252 g/mol. The lowest BCUT2D eigenvalue weighted by molar-refractivity contribution is 0.282. The molecule has 1 heterocycles. The van der Waals surface area contributed by atoms with Crippen LogP contribution in [0.2, 0.25) is 0 Å². The first kappa shape index (κ1) is 13.3. The van der Waals surface area contributed by atoms with Gasteiger partial charge in [-0.1, -0.05) is 0 Å². The first-order valence-corrected chi connectivity index (χ1v) is 7.96. The van der Waals surface area contributed by atoms with Gasteiger partial charge in [0.15, 0.2) is 9.84 Å². The molecule has 0 atom stereocenters. The smallest absolute Gasteiger partial charge is 0.179 e. The van der Waals surface area contributed by atoms with Gasteiger partial charge in [0.05, 0.1) is 6.61 Å². The second-order valence-electron chi connectivity index (χ2n) is 4.60. The van der Waals surface area contributed by atoms with Crippen LogP contribution >= 0.6 is 0 Å². The molecule has 1 fully saturated rings. The first-order valence-electron chi connectivity index (χ1n) is 6.06. The molecule has 6 heteroatoms. The van der Waals surface area contributed by atoms with Crippen molar-refractivity contribution in [3.05, 3.63) is 18.3 Å². The summed E-state index contributed by atoms with van der Waals surface area (Å²) in [5, 5.41) is 9.14. The minimum atomic E-state index is -3.30. The van der Waals surface area contributed by atoms with Crippen molar-refractivity contribution in [1.82, 2.24) is 4.98 Å². The summed E-state index contributed by atoms with van der Waals surface area (Å²) in [7, 11) is -3.30. The van der Waals surface area contributed by atoms with Crippen LogP contribution in [0.25, 0.3) is 0 Å². The van der Waals surface area contributed by atoms with Gasteiger partial charge in [-0.25, -0.2) is 13.4 Å². The van der Waals surface area contributed by atoms with Gasteiger partial charge in [0.25, 0.3) is 0 Å². The van der Waals surface area contributed by atoms with E-state index in [1.807, 2.05) is 4.90 Å². The fourth-order valence-corrected chi connectivity index (χ4v) is 2.98. The van der Waals surface area contributed by atoms with E-state index in [0.717, 1.165) is 19.3 Å². The summed E-state index contributed by atoms with van der Waals surface area (Å²) >= 11 is 0. The van der Waals surface area contributed by atoms with Crippen molar-refractivity contribution in [3.8, 4) is 0 Å². The summed E-state index contributed by atoms with van der Waals surface area (Å²) in [5.74, 6) is 0.471. The number of aromatic nitrogens is 1. The first-order chi connectivity index (χ1) is 8.54. The Balaban J connectivity index is 2.40. The van der Waals surface area contributed by atoms with Crippen molar-refractivity contribution in [2.24, 2.45) is 0 Å². The normalized spacial score (nSPS) is 16.3. The van der Waals surface area contributed by atoms with E-state index in [2.05, 4.69) is 4.98 Å². The third-order valence-electron chi connectivity index (χ3n) is 3.28. The van der Waals surface area contributed by atoms with Crippen molar-refractivity contribution >= 4 is 15.7 Å². The number of pyridine rings is 1. The fourth-order valence-electron chi connectivity index (χ4n) is 2.15. The number of nitrogens with zero attached hydrogens (tertiary/aromatic N) is 2. The van der Waals surface area contributed by atoms with Crippen molar-refractivity contribution in [2.75, 3.05) is 24.3 Å². The second kappa shape index (κ2) is 5.24. The number of aliphatic hydroxyl groups excluding tert-OH is 1. The molecule has 1 N–H and O–H groups in total. The zero-order chi connectivity index (χ0) is 13.2. The molecule has 0 saturated heterocycles. The zero-order valence-corrected chi connectivity index (χ0v) is 11.2. The Morgan fingerprint density at radius 2 is 2.22 bits per heavy atom. The van der Waals surface area contributed by atoms with Crippen molar-refractivity contribution in [2.45, 2.75) is 30.2 Å². The van der Waals surface area contributed by atoms with Gasteiger partial charge >= 0.3 is 0 Å². The minimum Gasteiger partial charge on any atom is -0.395 e. The highest BCUT2D eigenvalue weighted by atomic mass is 32.2. The molecule has 18 heavy (non-hydrogen) atoms. The van der Waals surface area contributed by atoms with Gasteiger partial charge in [0.2, 0.25) is 0 Å². The number of sulfone groups is 1. The number of hydrogen-bond donors (Lipinski definition) is 1. The molecule has 100 valence electrons. The maximum atomic E-state index is 11.8. The number of hydrogen-bond acceptors (Lipinski definition) is 5. The minimum absolute atomic E-state index is 0.00369. The zero-order valence-electron chi connectivity index (χ0n) is 10.4. The van der Waals surface area contributed by atoms with Gasteiger partial charge in [-0.3, -0.25) is 0 Å². The SMILES string of the molecule is CS(=O)(=O)c1cccnc1N(CCO)C1CCC1. The van der Waals surface area contributed by atoms with Crippen molar-refractivity contribution < 1.29 is 13.5 Å². The van der Waals surface area contributed by atoms with Gasteiger partial charge in [-0.15, -0.1) is 0 Å². The van der Waals surface area contributed by atoms with Gasteiger partial charge in [0, 0.05) is 25.0 Å². The molecule has 1 saturated carbocycles. The van der Waals surface area contributed by atoms with Crippen LogP contribution in [0, 0.1) is 0 Å². The molecule has 1 aromatic rings. The van der Waals surface area contributed by atoms with Gasteiger partial charge in [-0.2, -0.15) is 0 Å². The topological polar surface area (TPSA) is 70.5 Å². The van der Waals surface area contributed by atoms with E-state index < -0.39 is 9.84 Å². The molecule has 0 amide bonds. The number of rotatable bonds is 5. The number of anilines is 1. The van der Waals surface area contributed by atoms with E-state index in [0.29, 0.717) is 18.4 Å². The van der Waals surface area contributed by atoms with E-state index in [4.69, 9.17) is 5.11 Å². The summed E-state index contributed by atoms with van der Waals surface area (Å²) in [5.41, 5.74) is 0. The second-order valence-corrected chi connectivity index (χ2v) is 6.58. The van der Waals surface area contributed by atoms with Crippen LogP contribution in [0.1, 0.15) is 19.3 Å². The van der Waals surface area contributed by atoms with Crippen LogP contribution in [-0.2, 0) is 9.84 Å². The van der Waals surface area contributed by atoms with Gasteiger partial charge in [0.1, 0.15) is 10.7 Å². The molecule has 0 radical (unpaired) electrons. The molecule has 1 aliphatic carbocycles. The van der Waals surface area contributed by atoms with E-state index in [-0.39, 0.29) is 11.5 Å². The van der Waals surface area contributed by atoms with Crippen LogP contribution in [0.15, 0.2) is 23.2 Å². The molecule has 1 aliphatic rings. The maximum absolute atomic E-state index is 11.8. The third kappa shape index (κ3) is 2.64. The lowest BCUT2D eigenvalue weighted by atomic mass is 9.91. The highest BCUT2D eigenvalue weighted by Crippen LogP contribution is 2.31. The summed E-state index contributed by atoms with van der Waals surface area (Å²) in [6.07, 6.45) is 5.98. The quantitative estimate of drug-likeness (QED) is 0.858. The average molecular weight is 270 g/mol.